The van der Waals surface area contributed by atoms with Crippen LogP contribution in [0.3, 0.4) is 0 Å². The fraction of sp³-hybridized carbons (Fsp3) is 0.857. The molecule has 0 aliphatic carbocycles. The minimum atomic E-state index is 0.241. The fourth-order valence-corrected chi connectivity index (χ4v) is 1.38. The molecule has 1 aliphatic heterocycles. The summed E-state index contributed by atoms with van der Waals surface area (Å²) in [5.74, 6) is 1.07. The molecule has 0 bridgehead atoms. The van der Waals surface area contributed by atoms with Gasteiger partial charge >= 0.3 is 0 Å². The van der Waals surface area contributed by atoms with E-state index in [0.717, 1.165) is 13.0 Å². The van der Waals surface area contributed by atoms with Gasteiger partial charge in [0.25, 0.3) is 0 Å². The summed E-state index contributed by atoms with van der Waals surface area (Å²) in [6.45, 7) is 5.05. The molecule has 0 aromatic rings. The highest BCUT2D eigenvalue weighted by atomic mass is 16.2. The summed E-state index contributed by atoms with van der Waals surface area (Å²) in [4.78, 5) is 10.9. The molecule has 1 amide bonds. The van der Waals surface area contributed by atoms with Crippen molar-refractivity contribution in [3.8, 4) is 0 Å². The second-order valence-corrected chi connectivity index (χ2v) is 2.74. The van der Waals surface area contributed by atoms with Crippen LogP contribution in [0.5, 0.6) is 0 Å². The molecule has 0 aromatic carbocycles. The van der Waals surface area contributed by atoms with Crippen LogP contribution in [-0.4, -0.2) is 12.5 Å². The molecule has 0 spiro atoms. The Balaban J connectivity index is 2.55. The molecule has 52 valence electrons. The maximum absolute atomic E-state index is 10.9. The molecule has 1 fully saturated rings. The van der Waals surface area contributed by atoms with Crippen LogP contribution >= 0.6 is 0 Å². The highest BCUT2D eigenvalue weighted by molar-refractivity contribution is 5.80. The molecule has 0 radical (unpaired) electrons. The molecule has 2 heteroatoms. The predicted octanol–water partition coefficient (Wildman–Crippen LogP) is 0.778. The topological polar surface area (TPSA) is 29.1 Å². The summed E-state index contributed by atoms with van der Waals surface area (Å²) in [7, 11) is 0. The normalized spacial score (nSPS) is 34.7. The number of carbonyl (C=O) groups is 1. The van der Waals surface area contributed by atoms with Gasteiger partial charge < -0.3 is 5.32 Å². The molecule has 1 heterocycles. The van der Waals surface area contributed by atoms with E-state index in [0.29, 0.717) is 5.92 Å². The van der Waals surface area contributed by atoms with Crippen LogP contribution in [0.1, 0.15) is 20.3 Å². The Morgan fingerprint density at radius 2 is 2.44 bits per heavy atom. The third-order valence-electron chi connectivity index (χ3n) is 2.06. The van der Waals surface area contributed by atoms with Gasteiger partial charge in [0.15, 0.2) is 0 Å². The van der Waals surface area contributed by atoms with Gasteiger partial charge in [-0.3, -0.25) is 4.79 Å². The minimum Gasteiger partial charge on any atom is -0.356 e. The highest BCUT2D eigenvalue weighted by Gasteiger charge is 2.28. The third-order valence-corrected chi connectivity index (χ3v) is 2.06. The summed E-state index contributed by atoms with van der Waals surface area (Å²) >= 11 is 0. The van der Waals surface area contributed by atoms with Gasteiger partial charge in [-0.15, -0.1) is 0 Å². The van der Waals surface area contributed by atoms with Gasteiger partial charge in [0.1, 0.15) is 0 Å². The van der Waals surface area contributed by atoms with Crippen LogP contribution in [0, 0.1) is 11.8 Å². The SMILES string of the molecule is CC[C@@H]1C(=O)NC[C@H]1C. The summed E-state index contributed by atoms with van der Waals surface area (Å²) in [6.07, 6.45) is 0.979. The maximum atomic E-state index is 10.9. The zero-order chi connectivity index (χ0) is 6.85. The van der Waals surface area contributed by atoms with Gasteiger partial charge in [-0.2, -0.15) is 0 Å². The van der Waals surface area contributed by atoms with Crippen molar-refractivity contribution in [1.29, 1.82) is 0 Å². The standard InChI is InChI=1S/C7H13NO/c1-3-6-5(2)4-8-7(6)9/h5-6H,3-4H2,1-2H3,(H,8,9)/t5-,6+/m1/s1. The van der Waals surface area contributed by atoms with Gasteiger partial charge in [0.05, 0.1) is 0 Å². The van der Waals surface area contributed by atoms with Crippen molar-refractivity contribution in [1.82, 2.24) is 5.32 Å². The smallest absolute Gasteiger partial charge is 0.223 e. The maximum Gasteiger partial charge on any atom is 0.223 e. The zero-order valence-corrected chi connectivity index (χ0v) is 5.98. The van der Waals surface area contributed by atoms with Crippen LogP contribution < -0.4 is 5.32 Å². The van der Waals surface area contributed by atoms with Crippen molar-refractivity contribution in [3.05, 3.63) is 0 Å². The van der Waals surface area contributed by atoms with Crippen molar-refractivity contribution in [2.45, 2.75) is 20.3 Å². The van der Waals surface area contributed by atoms with Crippen molar-refractivity contribution >= 4 is 5.91 Å². The van der Waals surface area contributed by atoms with Crippen molar-refractivity contribution in [2.75, 3.05) is 6.54 Å². The van der Waals surface area contributed by atoms with E-state index >= 15 is 0 Å². The van der Waals surface area contributed by atoms with Crippen LogP contribution in [0.15, 0.2) is 0 Å². The lowest BCUT2D eigenvalue weighted by Crippen LogP contribution is -2.18. The largest absolute Gasteiger partial charge is 0.356 e. The lowest BCUT2D eigenvalue weighted by atomic mass is 9.95. The van der Waals surface area contributed by atoms with Crippen LogP contribution in [0.25, 0.3) is 0 Å². The first-order valence-corrected chi connectivity index (χ1v) is 3.53. The molecular formula is C7H13NO. The molecule has 0 saturated carbocycles. The van der Waals surface area contributed by atoms with E-state index < -0.39 is 0 Å². The van der Waals surface area contributed by atoms with Crippen LogP contribution in [-0.2, 0) is 4.79 Å². The number of rotatable bonds is 1. The molecule has 1 N–H and O–H groups in total. The van der Waals surface area contributed by atoms with E-state index in [2.05, 4.69) is 19.2 Å². The number of hydrogen-bond acceptors (Lipinski definition) is 1. The summed E-state index contributed by atoms with van der Waals surface area (Å²) in [5, 5.41) is 2.83. The van der Waals surface area contributed by atoms with E-state index in [4.69, 9.17) is 0 Å². The Kier molecular flexibility index (Phi) is 1.74. The minimum absolute atomic E-state index is 0.241. The molecular weight excluding hydrogens is 114 g/mol. The number of carbonyl (C=O) groups excluding carboxylic acids is 1. The summed E-state index contributed by atoms with van der Waals surface area (Å²) < 4.78 is 0. The van der Waals surface area contributed by atoms with Crippen LogP contribution in [0.4, 0.5) is 0 Å². The lowest BCUT2D eigenvalue weighted by Gasteiger charge is -2.06. The zero-order valence-electron chi connectivity index (χ0n) is 5.98. The Labute approximate surface area is 55.6 Å². The second-order valence-electron chi connectivity index (χ2n) is 2.74. The molecule has 2 atom stereocenters. The number of amides is 1. The predicted molar refractivity (Wildman–Crippen MR) is 36.0 cm³/mol. The molecule has 9 heavy (non-hydrogen) atoms. The number of nitrogens with one attached hydrogen (secondary N) is 1. The van der Waals surface area contributed by atoms with Gasteiger partial charge in [-0.25, -0.2) is 0 Å². The van der Waals surface area contributed by atoms with Gasteiger partial charge in [0, 0.05) is 12.5 Å². The molecule has 0 unspecified atom stereocenters. The first-order chi connectivity index (χ1) is 4.25. The third kappa shape index (κ3) is 1.07. The Morgan fingerprint density at radius 3 is 2.67 bits per heavy atom. The Bertz CT molecular complexity index is 122. The van der Waals surface area contributed by atoms with E-state index in [1.54, 1.807) is 0 Å². The molecule has 1 aliphatic rings. The molecule has 0 aromatic heterocycles. The van der Waals surface area contributed by atoms with Crippen molar-refractivity contribution in [3.63, 3.8) is 0 Å². The van der Waals surface area contributed by atoms with Gasteiger partial charge in [-0.05, 0) is 12.3 Å². The molecule has 1 saturated heterocycles. The average Bonchev–Trinajstić information content (AvgIpc) is 2.12. The second kappa shape index (κ2) is 2.38. The van der Waals surface area contributed by atoms with Crippen molar-refractivity contribution in [2.24, 2.45) is 11.8 Å². The first-order valence-electron chi connectivity index (χ1n) is 3.53. The number of hydrogen-bond donors (Lipinski definition) is 1. The summed E-state index contributed by atoms with van der Waals surface area (Å²) in [5.41, 5.74) is 0. The van der Waals surface area contributed by atoms with Crippen LogP contribution in [0.2, 0.25) is 0 Å². The van der Waals surface area contributed by atoms with Gasteiger partial charge in [0.2, 0.25) is 5.91 Å². The average molecular weight is 127 g/mol. The fourth-order valence-electron chi connectivity index (χ4n) is 1.38. The quantitative estimate of drug-likeness (QED) is 0.554. The Morgan fingerprint density at radius 1 is 1.78 bits per heavy atom. The van der Waals surface area contributed by atoms with Crippen molar-refractivity contribution < 1.29 is 4.79 Å². The van der Waals surface area contributed by atoms with E-state index in [1.165, 1.54) is 0 Å². The highest BCUT2D eigenvalue weighted by Crippen LogP contribution is 2.19. The first kappa shape index (κ1) is 6.59. The van der Waals surface area contributed by atoms with E-state index in [-0.39, 0.29) is 11.8 Å². The monoisotopic (exact) mass is 127 g/mol. The van der Waals surface area contributed by atoms with Gasteiger partial charge in [-0.1, -0.05) is 13.8 Å². The van der Waals surface area contributed by atoms with E-state index in [1.807, 2.05) is 0 Å². The summed E-state index contributed by atoms with van der Waals surface area (Å²) in [6, 6.07) is 0. The molecule has 1 rings (SSSR count). The molecule has 2 nitrogen and oxygen atoms in total. The van der Waals surface area contributed by atoms with E-state index in [9.17, 15) is 4.79 Å². The lowest BCUT2D eigenvalue weighted by molar-refractivity contribution is -0.122. The Hall–Kier alpha value is -0.530.